The number of ether oxygens (including phenoxy) is 1. The molecule has 0 bridgehead atoms. The van der Waals surface area contributed by atoms with Crippen molar-refractivity contribution in [3.05, 3.63) is 53.7 Å². The van der Waals surface area contributed by atoms with Crippen molar-refractivity contribution < 1.29 is 14.3 Å². The fourth-order valence-corrected chi connectivity index (χ4v) is 2.72. The summed E-state index contributed by atoms with van der Waals surface area (Å²) < 4.78 is 5.13. The molecular formula is C17H17ClN2O3S. The van der Waals surface area contributed by atoms with E-state index in [4.69, 9.17) is 16.3 Å². The van der Waals surface area contributed by atoms with Gasteiger partial charge < -0.3 is 10.1 Å². The number of carbonyl (C=O) groups is 2. The van der Waals surface area contributed by atoms with Gasteiger partial charge in [0.25, 0.3) is 5.91 Å². The van der Waals surface area contributed by atoms with Gasteiger partial charge in [-0.15, -0.1) is 11.8 Å². The van der Waals surface area contributed by atoms with Gasteiger partial charge >= 0.3 is 5.97 Å². The molecule has 0 radical (unpaired) electrons. The third kappa shape index (κ3) is 6.22. The lowest BCUT2D eigenvalue weighted by Gasteiger charge is -2.13. The van der Waals surface area contributed by atoms with E-state index in [2.05, 4.69) is 10.3 Å². The highest BCUT2D eigenvalue weighted by molar-refractivity contribution is 7.99. The zero-order valence-corrected chi connectivity index (χ0v) is 14.6. The Balaban J connectivity index is 1.72. The quantitative estimate of drug-likeness (QED) is 0.598. The average Bonchev–Trinajstić information content (AvgIpc) is 2.58. The molecule has 1 aromatic heterocycles. The largest absolute Gasteiger partial charge is 0.453 e. The monoisotopic (exact) mass is 364 g/mol. The van der Waals surface area contributed by atoms with E-state index in [9.17, 15) is 9.59 Å². The maximum absolute atomic E-state index is 12.0. The molecule has 1 heterocycles. The van der Waals surface area contributed by atoms with Crippen LogP contribution >= 0.6 is 23.4 Å². The van der Waals surface area contributed by atoms with Crippen molar-refractivity contribution in [1.82, 2.24) is 4.98 Å². The number of aromatic nitrogens is 1. The molecule has 0 saturated carbocycles. The van der Waals surface area contributed by atoms with Gasteiger partial charge in [0.1, 0.15) is 5.82 Å². The molecule has 2 rings (SSSR count). The Morgan fingerprint density at radius 1 is 1.25 bits per heavy atom. The number of thioether (sulfide) groups is 1. The van der Waals surface area contributed by atoms with Crippen LogP contribution in [0.1, 0.15) is 13.3 Å². The van der Waals surface area contributed by atoms with Gasteiger partial charge in [-0.05, 0) is 31.2 Å². The first-order chi connectivity index (χ1) is 11.5. The first kappa shape index (κ1) is 18.3. The van der Waals surface area contributed by atoms with Crippen molar-refractivity contribution >= 4 is 41.1 Å². The van der Waals surface area contributed by atoms with Crippen molar-refractivity contribution in [3.8, 4) is 0 Å². The lowest BCUT2D eigenvalue weighted by atomic mass is 10.3. The minimum Gasteiger partial charge on any atom is -0.453 e. The van der Waals surface area contributed by atoms with Crippen molar-refractivity contribution in [2.45, 2.75) is 24.3 Å². The van der Waals surface area contributed by atoms with Crippen molar-refractivity contribution in [2.24, 2.45) is 0 Å². The Bertz CT molecular complexity index is 680. The van der Waals surface area contributed by atoms with E-state index < -0.39 is 18.0 Å². The molecule has 5 nitrogen and oxygen atoms in total. The van der Waals surface area contributed by atoms with Crippen LogP contribution < -0.4 is 5.32 Å². The van der Waals surface area contributed by atoms with Crippen LogP contribution in [0.5, 0.6) is 0 Å². The molecule has 1 aromatic carbocycles. The molecule has 2 aromatic rings. The summed E-state index contributed by atoms with van der Waals surface area (Å²) in [6.07, 6.45) is 0.766. The Hall–Kier alpha value is -2.05. The van der Waals surface area contributed by atoms with E-state index >= 15 is 0 Å². The van der Waals surface area contributed by atoms with Crippen molar-refractivity contribution in [3.63, 3.8) is 0 Å². The highest BCUT2D eigenvalue weighted by Crippen LogP contribution is 2.18. The first-order valence-corrected chi connectivity index (χ1v) is 8.70. The van der Waals surface area contributed by atoms with Gasteiger partial charge in [0.15, 0.2) is 6.10 Å². The van der Waals surface area contributed by atoms with Gasteiger partial charge in [-0.3, -0.25) is 9.59 Å². The number of esters is 1. The molecule has 0 aliphatic rings. The second-order valence-electron chi connectivity index (χ2n) is 4.89. The number of hydrogen-bond acceptors (Lipinski definition) is 5. The van der Waals surface area contributed by atoms with Gasteiger partial charge in [0.05, 0.1) is 11.4 Å². The van der Waals surface area contributed by atoms with E-state index in [0.29, 0.717) is 16.6 Å². The van der Waals surface area contributed by atoms with E-state index in [1.54, 1.807) is 23.9 Å². The summed E-state index contributed by atoms with van der Waals surface area (Å²) in [6, 6.07) is 13.0. The van der Waals surface area contributed by atoms with Crippen LogP contribution in [-0.2, 0) is 14.3 Å². The van der Waals surface area contributed by atoms with Crippen molar-refractivity contribution in [1.29, 1.82) is 0 Å². The molecule has 0 aliphatic carbocycles. The fourth-order valence-electron chi connectivity index (χ4n) is 1.76. The predicted octanol–water partition coefficient (Wildman–Crippen LogP) is 3.79. The van der Waals surface area contributed by atoms with Crippen LogP contribution in [-0.4, -0.2) is 28.7 Å². The third-order valence-corrected chi connectivity index (χ3v) is 4.21. The minimum absolute atomic E-state index is 0.233. The maximum atomic E-state index is 12.0. The zero-order chi connectivity index (χ0) is 17.4. The number of anilines is 1. The molecule has 126 valence electrons. The van der Waals surface area contributed by atoms with Gasteiger partial charge in [0, 0.05) is 16.8 Å². The number of nitrogens with zero attached hydrogens (tertiary/aromatic N) is 1. The summed E-state index contributed by atoms with van der Waals surface area (Å²) in [5.41, 5.74) is 0. The zero-order valence-electron chi connectivity index (χ0n) is 13.1. The predicted molar refractivity (Wildman–Crippen MR) is 95.2 cm³/mol. The highest BCUT2D eigenvalue weighted by atomic mass is 35.5. The summed E-state index contributed by atoms with van der Waals surface area (Å²) >= 11 is 7.29. The number of rotatable bonds is 7. The van der Waals surface area contributed by atoms with Gasteiger partial charge in [0.2, 0.25) is 0 Å². The molecule has 1 amide bonds. The number of pyridine rings is 1. The Labute approximate surface area is 149 Å². The number of carbonyl (C=O) groups excluding carboxylic acids is 2. The minimum atomic E-state index is -0.892. The molecule has 0 unspecified atom stereocenters. The summed E-state index contributed by atoms with van der Waals surface area (Å²) in [5, 5.41) is 3.04. The Morgan fingerprint density at radius 2 is 2.00 bits per heavy atom. The van der Waals surface area contributed by atoms with Gasteiger partial charge in [-0.1, -0.05) is 29.8 Å². The topological polar surface area (TPSA) is 68.3 Å². The van der Waals surface area contributed by atoms with Crippen molar-refractivity contribution in [2.75, 3.05) is 11.1 Å². The smallest absolute Gasteiger partial charge is 0.307 e. The fraction of sp³-hybridized carbons (Fsp3) is 0.235. The Kier molecular flexibility index (Phi) is 7.08. The number of hydrogen-bond donors (Lipinski definition) is 1. The Morgan fingerprint density at radius 3 is 2.67 bits per heavy atom. The second-order valence-corrected chi connectivity index (χ2v) is 6.50. The van der Waals surface area contributed by atoms with Crippen LogP contribution in [0.4, 0.5) is 5.82 Å². The number of halogens is 1. The number of amides is 1. The number of benzene rings is 1. The summed E-state index contributed by atoms with van der Waals surface area (Å²) in [6.45, 7) is 1.52. The highest BCUT2D eigenvalue weighted by Gasteiger charge is 2.18. The van der Waals surface area contributed by atoms with E-state index in [1.807, 2.05) is 30.3 Å². The summed E-state index contributed by atoms with van der Waals surface area (Å²) in [7, 11) is 0. The van der Waals surface area contributed by atoms with Crippen LogP contribution in [0.15, 0.2) is 53.6 Å². The SMILES string of the molecule is C[C@@H](OC(=O)CCSc1ccccc1)C(=O)Nc1ccc(Cl)cn1. The average molecular weight is 365 g/mol. The summed E-state index contributed by atoms with van der Waals surface area (Å²) in [5.74, 6) is 0.0987. The molecular weight excluding hydrogens is 348 g/mol. The first-order valence-electron chi connectivity index (χ1n) is 7.34. The van der Waals surface area contributed by atoms with Crippen LogP contribution in [0, 0.1) is 0 Å². The molecule has 1 atom stereocenters. The van der Waals surface area contributed by atoms with Crippen LogP contribution in [0.2, 0.25) is 5.02 Å². The normalized spacial score (nSPS) is 11.6. The molecule has 24 heavy (non-hydrogen) atoms. The maximum Gasteiger partial charge on any atom is 0.307 e. The van der Waals surface area contributed by atoms with E-state index in [0.717, 1.165) is 4.90 Å². The molecule has 0 aliphatic heterocycles. The van der Waals surface area contributed by atoms with Crippen LogP contribution in [0.3, 0.4) is 0 Å². The third-order valence-electron chi connectivity index (χ3n) is 2.97. The van der Waals surface area contributed by atoms with Gasteiger partial charge in [-0.2, -0.15) is 0 Å². The lowest BCUT2D eigenvalue weighted by Crippen LogP contribution is -2.30. The standard InChI is InChI=1S/C17H17ClN2O3S/c1-12(17(22)20-15-8-7-13(18)11-19-15)23-16(21)9-10-24-14-5-3-2-4-6-14/h2-8,11-12H,9-10H2,1H3,(H,19,20,22)/t12-/m1/s1. The van der Waals surface area contributed by atoms with Gasteiger partial charge in [-0.25, -0.2) is 4.98 Å². The van der Waals surface area contributed by atoms with Crippen LogP contribution in [0.25, 0.3) is 0 Å². The van der Waals surface area contributed by atoms with E-state index in [-0.39, 0.29) is 6.42 Å². The molecule has 0 saturated heterocycles. The number of nitrogens with one attached hydrogen (secondary N) is 1. The second kappa shape index (κ2) is 9.30. The molecule has 0 spiro atoms. The molecule has 1 N–H and O–H groups in total. The van der Waals surface area contributed by atoms with E-state index in [1.165, 1.54) is 13.1 Å². The molecule has 0 fully saturated rings. The lowest BCUT2D eigenvalue weighted by molar-refractivity contribution is -0.152. The summed E-state index contributed by atoms with van der Waals surface area (Å²) in [4.78, 5) is 28.8. The molecule has 7 heteroatoms.